The fourth-order valence-corrected chi connectivity index (χ4v) is 2.52. The van der Waals surface area contributed by atoms with Gasteiger partial charge in [0.25, 0.3) is 0 Å². The van der Waals surface area contributed by atoms with Gasteiger partial charge in [-0.2, -0.15) is 0 Å². The number of rotatable bonds is 4. The van der Waals surface area contributed by atoms with Crippen molar-refractivity contribution in [2.24, 2.45) is 7.05 Å². The van der Waals surface area contributed by atoms with Crippen molar-refractivity contribution in [1.82, 2.24) is 14.8 Å². The highest BCUT2D eigenvalue weighted by Crippen LogP contribution is 2.24. The van der Waals surface area contributed by atoms with Crippen molar-refractivity contribution in [3.63, 3.8) is 0 Å². The van der Waals surface area contributed by atoms with Gasteiger partial charge in [0.2, 0.25) is 5.91 Å². The maximum Gasteiger partial charge on any atom is 0.237 e. The first kappa shape index (κ1) is 14.9. The van der Waals surface area contributed by atoms with E-state index >= 15 is 0 Å². The van der Waals surface area contributed by atoms with E-state index < -0.39 is 0 Å². The van der Waals surface area contributed by atoms with E-state index in [4.69, 9.17) is 11.6 Å². The Morgan fingerprint density at radius 3 is 2.90 bits per heavy atom. The van der Waals surface area contributed by atoms with Crippen LogP contribution in [0.3, 0.4) is 0 Å². The lowest BCUT2D eigenvalue weighted by Crippen LogP contribution is -2.23. The van der Waals surface area contributed by atoms with E-state index in [0.29, 0.717) is 10.2 Å². The van der Waals surface area contributed by atoms with Gasteiger partial charge in [-0.3, -0.25) is 4.79 Å². The lowest BCUT2D eigenvalue weighted by Gasteiger charge is -2.13. The number of carbonyl (C=O) groups excluding carboxylic acids is 1. The van der Waals surface area contributed by atoms with E-state index in [1.807, 2.05) is 27.0 Å². The summed E-state index contributed by atoms with van der Waals surface area (Å²) in [5, 5.41) is 11.6. The summed E-state index contributed by atoms with van der Waals surface area (Å²) in [5.74, 6) is -0.0941. The Balaban J connectivity index is 2.04. The molecule has 7 heteroatoms. The molecule has 0 aliphatic heterocycles. The van der Waals surface area contributed by atoms with Crippen molar-refractivity contribution in [3.8, 4) is 0 Å². The number of thioether (sulfide) groups is 1. The number of halogens is 1. The molecule has 1 N–H and O–H groups in total. The van der Waals surface area contributed by atoms with Crippen molar-refractivity contribution >= 4 is 35.0 Å². The molecule has 0 saturated heterocycles. The van der Waals surface area contributed by atoms with E-state index in [1.54, 1.807) is 23.0 Å². The highest BCUT2D eigenvalue weighted by molar-refractivity contribution is 8.00. The van der Waals surface area contributed by atoms with Crippen LogP contribution in [0.1, 0.15) is 12.5 Å². The Kier molecular flexibility index (Phi) is 4.67. The van der Waals surface area contributed by atoms with Crippen LogP contribution in [0, 0.1) is 6.92 Å². The molecule has 0 aliphatic carbocycles. The van der Waals surface area contributed by atoms with Crippen LogP contribution in [0.15, 0.2) is 29.7 Å². The molecular weight excluding hydrogens is 296 g/mol. The lowest BCUT2D eigenvalue weighted by atomic mass is 10.2. The summed E-state index contributed by atoms with van der Waals surface area (Å²) in [6.45, 7) is 3.75. The predicted molar refractivity (Wildman–Crippen MR) is 81.1 cm³/mol. The van der Waals surface area contributed by atoms with Crippen molar-refractivity contribution < 1.29 is 4.79 Å². The summed E-state index contributed by atoms with van der Waals surface area (Å²) in [6, 6.07) is 5.41. The zero-order valence-electron chi connectivity index (χ0n) is 11.4. The molecule has 2 rings (SSSR count). The first-order valence-corrected chi connectivity index (χ1v) is 7.31. The van der Waals surface area contributed by atoms with Crippen LogP contribution in [-0.4, -0.2) is 25.9 Å². The van der Waals surface area contributed by atoms with E-state index in [9.17, 15) is 4.79 Å². The molecule has 0 radical (unpaired) electrons. The molecule has 106 valence electrons. The van der Waals surface area contributed by atoms with Crippen LogP contribution in [0.2, 0.25) is 5.02 Å². The van der Waals surface area contributed by atoms with E-state index in [2.05, 4.69) is 15.5 Å². The Morgan fingerprint density at radius 2 is 2.25 bits per heavy atom. The molecule has 20 heavy (non-hydrogen) atoms. The van der Waals surface area contributed by atoms with Gasteiger partial charge >= 0.3 is 0 Å². The number of aryl methyl sites for hydroxylation is 2. The number of hydrogen-bond donors (Lipinski definition) is 1. The molecule has 2 aromatic rings. The van der Waals surface area contributed by atoms with Crippen molar-refractivity contribution in [2.45, 2.75) is 24.3 Å². The monoisotopic (exact) mass is 310 g/mol. The van der Waals surface area contributed by atoms with Crippen LogP contribution < -0.4 is 5.32 Å². The molecule has 1 amide bonds. The second-order valence-corrected chi connectivity index (χ2v) is 6.18. The number of amides is 1. The fraction of sp³-hybridized carbons (Fsp3) is 0.308. The van der Waals surface area contributed by atoms with Gasteiger partial charge in [-0.05, 0) is 31.5 Å². The second-order valence-electron chi connectivity index (χ2n) is 4.43. The fourth-order valence-electron chi connectivity index (χ4n) is 1.55. The molecular formula is C13H15ClN4OS. The Labute approximate surface area is 126 Å². The highest BCUT2D eigenvalue weighted by Gasteiger charge is 2.17. The summed E-state index contributed by atoms with van der Waals surface area (Å²) >= 11 is 7.30. The minimum absolute atomic E-state index is 0.0941. The molecule has 1 aromatic heterocycles. The molecule has 0 aliphatic rings. The van der Waals surface area contributed by atoms with Gasteiger partial charge in [-0.15, -0.1) is 10.2 Å². The van der Waals surface area contributed by atoms with Gasteiger partial charge in [-0.1, -0.05) is 29.4 Å². The van der Waals surface area contributed by atoms with Crippen molar-refractivity contribution in [3.05, 3.63) is 35.1 Å². The molecule has 1 aromatic carbocycles. The summed E-state index contributed by atoms with van der Waals surface area (Å²) in [6.07, 6.45) is 1.61. The summed E-state index contributed by atoms with van der Waals surface area (Å²) in [5.41, 5.74) is 1.70. The summed E-state index contributed by atoms with van der Waals surface area (Å²) < 4.78 is 1.78. The molecule has 1 atom stereocenters. The van der Waals surface area contributed by atoms with Gasteiger partial charge in [0.15, 0.2) is 5.16 Å². The standard InChI is InChI=1S/C13H15ClN4OS/c1-8-4-5-10(14)6-11(8)16-12(19)9(2)20-13-17-15-7-18(13)3/h4-7,9H,1-3H3,(H,16,19)/t9-/m0/s1. The third-order valence-electron chi connectivity index (χ3n) is 2.78. The Bertz CT molecular complexity index is 629. The molecule has 5 nitrogen and oxygen atoms in total. The Morgan fingerprint density at radius 1 is 1.50 bits per heavy atom. The molecule has 0 saturated carbocycles. The summed E-state index contributed by atoms with van der Waals surface area (Å²) in [7, 11) is 1.84. The maximum atomic E-state index is 12.2. The molecule has 1 heterocycles. The van der Waals surface area contributed by atoms with Gasteiger partial charge in [0.1, 0.15) is 6.33 Å². The number of hydrogen-bond acceptors (Lipinski definition) is 4. The topological polar surface area (TPSA) is 59.8 Å². The van der Waals surface area contributed by atoms with E-state index in [0.717, 1.165) is 11.3 Å². The van der Waals surface area contributed by atoms with Gasteiger partial charge in [0.05, 0.1) is 5.25 Å². The number of benzene rings is 1. The van der Waals surface area contributed by atoms with Crippen LogP contribution in [-0.2, 0) is 11.8 Å². The number of anilines is 1. The summed E-state index contributed by atoms with van der Waals surface area (Å²) in [4.78, 5) is 12.2. The van der Waals surface area contributed by atoms with Gasteiger partial charge in [-0.25, -0.2) is 0 Å². The minimum atomic E-state index is -0.281. The average Bonchev–Trinajstić information content (AvgIpc) is 2.79. The Hall–Kier alpha value is -1.53. The SMILES string of the molecule is Cc1ccc(Cl)cc1NC(=O)[C@H](C)Sc1nncn1C. The average molecular weight is 311 g/mol. The molecule has 0 spiro atoms. The second kappa shape index (κ2) is 6.28. The smallest absolute Gasteiger partial charge is 0.237 e. The quantitative estimate of drug-likeness (QED) is 0.882. The molecule has 0 unspecified atom stereocenters. The highest BCUT2D eigenvalue weighted by atomic mass is 35.5. The zero-order valence-corrected chi connectivity index (χ0v) is 13.0. The maximum absolute atomic E-state index is 12.2. The van der Waals surface area contributed by atoms with Crippen LogP contribution >= 0.6 is 23.4 Å². The number of aromatic nitrogens is 3. The van der Waals surface area contributed by atoms with Crippen LogP contribution in [0.25, 0.3) is 0 Å². The van der Waals surface area contributed by atoms with E-state index in [1.165, 1.54) is 11.8 Å². The number of nitrogens with one attached hydrogen (secondary N) is 1. The number of carbonyl (C=O) groups is 1. The minimum Gasteiger partial charge on any atom is -0.325 e. The first-order valence-electron chi connectivity index (χ1n) is 6.05. The third kappa shape index (κ3) is 3.52. The lowest BCUT2D eigenvalue weighted by molar-refractivity contribution is -0.115. The number of nitrogens with zero attached hydrogens (tertiary/aromatic N) is 3. The largest absolute Gasteiger partial charge is 0.325 e. The van der Waals surface area contributed by atoms with Crippen LogP contribution in [0.4, 0.5) is 5.69 Å². The molecule has 0 fully saturated rings. The van der Waals surface area contributed by atoms with E-state index in [-0.39, 0.29) is 11.2 Å². The van der Waals surface area contributed by atoms with Gasteiger partial charge < -0.3 is 9.88 Å². The zero-order chi connectivity index (χ0) is 14.7. The third-order valence-corrected chi connectivity index (χ3v) is 4.16. The first-order chi connectivity index (χ1) is 9.47. The van der Waals surface area contributed by atoms with Crippen molar-refractivity contribution in [2.75, 3.05) is 5.32 Å². The predicted octanol–water partition coefficient (Wildman–Crippen LogP) is 2.90. The molecule has 0 bridgehead atoms. The van der Waals surface area contributed by atoms with Crippen molar-refractivity contribution in [1.29, 1.82) is 0 Å². The normalized spacial score (nSPS) is 12.2. The van der Waals surface area contributed by atoms with Crippen LogP contribution in [0.5, 0.6) is 0 Å². The van der Waals surface area contributed by atoms with Gasteiger partial charge in [0, 0.05) is 17.8 Å².